The molecule has 26 heavy (non-hydrogen) atoms. The predicted octanol–water partition coefficient (Wildman–Crippen LogP) is 3.78. The monoisotopic (exact) mass is 408 g/mol. The molecule has 3 aromatic rings. The van der Waals surface area contributed by atoms with Crippen molar-refractivity contribution in [1.29, 1.82) is 0 Å². The normalized spacial score (nSPS) is 15.7. The van der Waals surface area contributed by atoms with Crippen LogP contribution in [0.4, 0.5) is 5.82 Å². The van der Waals surface area contributed by atoms with E-state index in [9.17, 15) is 0 Å². The summed E-state index contributed by atoms with van der Waals surface area (Å²) in [5.41, 5.74) is 2.19. The van der Waals surface area contributed by atoms with Gasteiger partial charge in [0.1, 0.15) is 10.6 Å². The number of fused-ring (bicyclic) bond motifs is 1. The minimum Gasteiger partial charge on any atom is -0.395 e. The Bertz CT molecular complexity index is 907. The molecule has 1 aliphatic rings. The Morgan fingerprint density at radius 1 is 1.04 bits per heavy atom. The highest BCUT2D eigenvalue weighted by molar-refractivity contribution is 7.17. The molecule has 5 nitrogen and oxygen atoms in total. The van der Waals surface area contributed by atoms with E-state index in [0.717, 1.165) is 53.3 Å². The van der Waals surface area contributed by atoms with E-state index in [4.69, 9.17) is 28.3 Å². The summed E-state index contributed by atoms with van der Waals surface area (Å²) in [7, 11) is 0. The van der Waals surface area contributed by atoms with Crippen LogP contribution in [0.15, 0.2) is 29.6 Å². The van der Waals surface area contributed by atoms with Gasteiger partial charge < -0.3 is 10.0 Å². The molecule has 136 valence electrons. The molecular formula is C18H18Cl2N4OS. The number of halogens is 2. The van der Waals surface area contributed by atoms with E-state index in [1.165, 1.54) is 0 Å². The van der Waals surface area contributed by atoms with E-state index >= 15 is 0 Å². The number of hydrogen-bond acceptors (Lipinski definition) is 6. The standard InChI is InChI=1S/C18H18Cl2N4OS/c19-13-3-1-12(2-4-13)14-11-26-17-15(14)16(21-18(20)22-17)24-7-5-23(6-8-24)9-10-25/h1-4,11,25H,5-10H2. The molecule has 1 N–H and O–H groups in total. The van der Waals surface area contributed by atoms with Crippen LogP contribution >= 0.6 is 34.5 Å². The molecule has 0 bridgehead atoms. The van der Waals surface area contributed by atoms with E-state index < -0.39 is 0 Å². The summed E-state index contributed by atoms with van der Waals surface area (Å²) >= 11 is 13.8. The number of benzene rings is 1. The van der Waals surface area contributed by atoms with Gasteiger partial charge >= 0.3 is 0 Å². The molecule has 3 heterocycles. The molecule has 8 heteroatoms. The van der Waals surface area contributed by atoms with Crippen LogP contribution in [0.1, 0.15) is 0 Å². The first-order valence-corrected chi connectivity index (χ1v) is 10.1. The van der Waals surface area contributed by atoms with E-state index in [1.807, 2.05) is 24.3 Å². The highest BCUT2D eigenvalue weighted by atomic mass is 35.5. The van der Waals surface area contributed by atoms with Crippen LogP contribution in [0.5, 0.6) is 0 Å². The Balaban J connectivity index is 1.74. The first-order chi connectivity index (χ1) is 12.7. The molecule has 2 aromatic heterocycles. The Hall–Kier alpha value is -1.44. The van der Waals surface area contributed by atoms with Crippen molar-refractivity contribution in [3.63, 3.8) is 0 Å². The molecule has 0 spiro atoms. The van der Waals surface area contributed by atoms with Crippen LogP contribution in [0.3, 0.4) is 0 Å². The summed E-state index contributed by atoms with van der Waals surface area (Å²) in [6.07, 6.45) is 0. The molecule has 0 amide bonds. The lowest BCUT2D eigenvalue weighted by molar-refractivity contribution is 0.188. The second kappa shape index (κ2) is 7.66. The number of hydrogen-bond donors (Lipinski definition) is 1. The number of β-amino-alcohol motifs (C(OH)–C–C–N with tert-alkyl or cyclic N) is 1. The van der Waals surface area contributed by atoms with Crippen molar-refractivity contribution >= 4 is 50.6 Å². The molecule has 4 rings (SSSR count). The fraction of sp³-hybridized carbons (Fsp3) is 0.333. The maximum Gasteiger partial charge on any atom is 0.225 e. The van der Waals surface area contributed by atoms with Gasteiger partial charge in [-0.25, -0.2) is 4.98 Å². The Kier molecular flexibility index (Phi) is 5.29. The topological polar surface area (TPSA) is 52.5 Å². The Morgan fingerprint density at radius 2 is 1.77 bits per heavy atom. The smallest absolute Gasteiger partial charge is 0.225 e. The molecule has 0 saturated carbocycles. The maximum absolute atomic E-state index is 9.13. The molecule has 0 unspecified atom stereocenters. The number of rotatable bonds is 4. The van der Waals surface area contributed by atoms with Gasteiger partial charge in [0, 0.05) is 48.7 Å². The molecular weight excluding hydrogens is 391 g/mol. The van der Waals surface area contributed by atoms with E-state index in [0.29, 0.717) is 11.6 Å². The van der Waals surface area contributed by atoms with Crippen molar-refractivity contribution in [3.05, 3.63) is 40.0 Å². The molecule has 0 radical (unpaired) electrons. The summed E-state index contributed by atoms with van der Waals surface area (Å²) in [4.78, 5) is 14.4. The van der Waals surface area contributed by atoms with Crippen molar-refractivity contribution in [2.75, 3.05) is 44.2 Å². The van der Waals surface area contributed by atoms with Crippen molar-refractivity contribution in [3.8, 4) is 11.1 Å². The van der Waals surface area contributed by atoms with Gasteiger partial charge in [0.15, 0.2) is 0 Å². The number of anilines is 1. The van der Waals surface area contributed by atoms with Crippen molar-refractivity contribution in [2.24, 2.45) is 0 Å². The SMILES string of the molecule is OCCN1CCN(c2nc(Cl)nc3scc(-c4ccc(Cl)cc4)c23)CC1. The van der Waals surface area contributed by atoms with Gasteiger partial charge in [-0.2, -0.15) is 4.98 Å². The van der Waals surface area contributed by atoms with Crippen LogP contribution in [0.25, 0.3) is 21.3 Å². The van der Waals surface area contributed by atoms with Crippen LogP contribution < -0.4 is 4.90 Å². The number of piperazine rings is 1. The largest absolute Gasteiger partial charge is 0.395 e. The quantitative estimate of drug-likeness (QED) is 0.665. The van der Waals surface area contributed by atoms with Crippen LogP contribution in [0, 0.1) is 0 Å². The zero-order valence-corrected chi connectivity index (χ0v) is 16.4. The molecule has 1 fully saturated rings. The highest BCUT2D eigenvalue weighted by Crippen LogP contribution is 2.39. The predicted molar refractivity (Wildman–Crippen MR) is 109 cm³/mol. The molecule has 1 aromatic carbocycles. The summed E-state index contributed by atoms with van der Waals surface area (Å²) in [5.74, 6) is 0.884. The fourth-order valence-corrected chi connectivity index (χ4v) is 4.58. The van der Waals surface area contributed by atoms with Gasteiger partial charge in [0.25, 0.3) is 0 Å². The molecule has 1 saturated heterocycles. The lowest BCUT2D eigenvalue weighted by Crippen LogP contribution is -2.47. The number of aromatic nitrogens is 2. The van der Waals surface area contributed by atoms with Crippen molar-refractivity contribution < 1.29 is 5.11 Å². The number of thiophene rings is 1. The third-order valence-corrected chi connectivity index (χ3v) is 5.92. The van der Waals surface area contributed by atoms with Crippen LogP contribution in [-0.2, 0) is 0 Å². The van der Waals surface area contributed by atoms with Gasteiger partial charge in [-0.05, 0) is 29.3 Å². The lowest BCUT2D eigenvalue weighted by atomic mass is 10.1. The van der Waals surface area contributed by atoms with Gasteiger partial charge in [0.2, 0.25) is 5.28 Å². The van der Waals surface area contributed by atoms with Gasteiger partial charge in [0.05, 0.1) is 12.0 Å². The number of aliphatic hydroxyl groups excluding tert-OH is 1. The Morgan fingerprint density at radius 3 is 2.46 bits per heavy atom. The summed E-state index contributed by atoms with van der Waals surface area (Å²) in [6, 6.07) is 7.82. The third-order valence-electron chi connectivity index (χ3n) is 4.63. The van der Waals surface area contributed by atoms with Crippen molar-refractivity contribution in [2.45, 2.75) is 0 Å². The number of nitrogens with zero attached hydrogens (tertiary/aromatic N) is 4. The molecule has 0 aliphatic carbocycles. The zero-order chi connectivity index (χ0) is 18.1. The second-order valence-electron chi connectivity index (χ2n) is 6.20. The summed E-state index contributed by atoms with van der Waals surface area (Å²) in [6.45, 7) is 4.38. The average Bonchev–Trinajstić information content (AvgIpc) is 3.06. The minimum atomic E-state index is 0.189. The zero-order valence-electron chi connectivity index (χ0n) is 14.0. The molecule has 1 aliphatic heterocycles. The lowest BCUT2D eigenvalue weighted by Gasteiger charge is -2.35. The summed E-state index contributed by atoms with van der Waals surface area (Å²) in [5, 5.41) is 13.3. The molecule has 0 atom stereocenters. The number of aliphatic hydroxyl groups is 1. The van der Waals surface area contributed by atoms with Crippen molar-refractivity contribution in [1.82, 2.24) is 14.9 Å². The summed E-state index contributed by atoms with van der Waals surface area (Å²) < 4.78 is 0. The fourth-order valence-electron chi connectivity index (χ4n) is 3.29. The Labute approximate surface area is 165 Å². The minimum absolute atomic E-state index is 0.189. The van der Waals surface area contributed by atoms with Gasteiger partial charge in [-0.3, -0.25) is 4.90 Å². The van der Waals surface area contributed by atoms with Gasteiger partial charge in [-0.15, -0.1) is 11.3 Å². The first kappa shape index (κ1) is 17.9. The van der Waals surface area contributed by atoms with E-state index in [1.54, 1.807) is 11.3 Å². The van der Waals surface area contributed by atoms with Crippen LogP contribution in [0.2, 0.25) is 10.3 Å². The maximum atomic E-state index is 9.13. The van der Waals surface area contributed by atoms with E-state index in [-0.39, 0.29) is 11.9 Å². The van der Waals surface area contributed by atoms with Gasteiger partial charge in [-0.1, -0.05) is 23.7 Å². The van der Waals surface area contributed by atoms with E-state index in [2.05, 4.69) is 25.1 Å². The average molecular weight is 409 g/mol. The first-order valence-electron chi connectivity index (χ1n) is 8.44. The van der Waals surface area contributed by atoms with Crippen LogP contribution in [-0.4, -0.2) is 59.3 Å². The highest BCUT2D eigenvalue weighted by Gasteiger charge is 2.23. The third kappa shape index (κ3) is 3.52. The second-order valence-corrected chi connectivity index (χ2v) is 7.84.